The molecule has 0 amide bonds. The number of ether oxygens (including phenoxy) is 1. The average molecular weight is 259 g/mol. The van der Waals surface area contributed by atoms with Crippen LogP contribution in [0.25, 0.3) is 0 Å². The third-order valence-corrected chi connectivity index (χ3v) is 2.52. The number of methoxy groups -OCH3 is 1. The number of hydrogen-bond acceptors (Lipinski definition) is 6. The Hall–Kier alpha value is -2.18. The van der Waals surface area contributed by atoms with Crippen molar-refractivity contribution in [3.63, 3.8) is 0 Å². The summed E-state index contributed by atoms with van der Waals surface area (Å²) in [6.07, 6.45) is 0. The third-order valence-electron chi connectivity index (χ3n) is 2.52. The maximum absolute atomic E-state index is 5.39. The quantitative estimate of drug-likeness (QED) is 0.562. The minimum Gasteiger partial charge on any atom is -0.377 e. The van der Waals surface area contributed by atoms with E-state index in [0.717, 1.165) is 5.69 Å². The van der Waals surface area contributed by atoms with E-state index in [9.17, 15) is 0 Å². The summed E-state index contributed by atoms with van der Waals surface area (Å²) in [7, 11) is 1.60. The Balaban J connectivity index is 2.23. The lowest BCUT2D eigenvalue weighted by Crippen LogP contribution is -2.11. The number of aromatic nitrogens is 2. The summed E-state index contributed by atoms with van der Waals surface area (Å²) in [5, 5.41) is 3.20. The smallest absolute Gasteiger partial charge is 0.158 e. The molecule has 0 aliphatic rings. The van der Waals surface area contributed by atoms with E-state index >= 15 is 0 Å². The molecule has 19 heavy (non-hydrogen) atoms. The van der Waals surface area contributed by atoms with Crippen LogP contribution in [0.4, 0.5) is 17.3 Å². The fourth-order valence-corrected chi connectivity index (χ4v) is 1.61. The Kier molecular flexibility index (Phi) is 4.27. The zero-order chi connectivity index (χ0) is 13.7. The Labute approximate surface area is 112 Å². The number of nitrogens with zero attached hydrogens (tertiary/aromatic N) is 2. The van der Waals surface area contributed by atoms with Crippen LogP contribution in [0, 0.1) is 6.92 Å². The molecule has 0 aliphatic carbocycles. The van der Waals surface area contributed by atoms with Crippen molar-refractivity contribution in [1.29, 1.82) is 0 Å². The van der Waals surface area contributed by atoms with Crippen LogP contribution < -0.4 is 16.6 Å². The molecule has 1 aromatic heterocycles. The monoisotopic (exact) mass is 259 g/mol. The van der Waals surface area contributed by atoms with Crippen molar-refractivity contribution in [2.24, 2.45) is 5.84 Å². The maximum atomic E-state index is 5.39. The summed E-state index contributed by atoms with van der Waals surface area (Å²) < 4.78 is 5.03. The molecule has 6 heteroatoms. The molecule has 0 aliphatic heterocycles. The van der Waals surface area contributed by atoms with Gasteiger partial charge in [-0.25, -0.2) is 15.8 Å². The van der Waals surface area contributed by atoms with Gasteiger partial charge in [0.05, 0.1) is 0 Å². The highest BCUT2D eigenvalue weighted by Crippen LogP contribution is 2.17. The van der Waals surface area contributed by atoms with E-state index in [2.05, 4.69) is 20.7 Å². The van der Waals surface area contributed by atoms with E-state index < -0.39 is 0 Å². The molecule has 0 atom stereocenters. The molecule has 0 saturated heterocycles. The Morgan fingerprint density at radius 2 is 1.84 bits per heavy atom. The Bertz CT molecular complexity index is 541. The molecule has 1 heterocycles. The van der Waals surface area contributed by atoms with Gasteiger partial charge in [-0.3, -0.25) is 0 Å². The molecule has 4 N–H and O–H groups in total. The number of benzene rings is 1. The second kappa shape index (κ2) is 6.12. The van der Waals surface area contributed by atoms with Crippen LogP contribution in [-0.4, -0.2) is 17.1 Å². The molecule has 0 unspecified atom stereocenters. The molecule has 0 radical (unpaired) electrons. The summed E-state index contributed by atoms with van der Waals surface area (Å²) in [5.41, 5.74) is 4.67. The van der Waals surface area contributed by atoms with Crippen LogP contribution in [0.5, 0.6) is 0 Å². The fourth-order valence-electron chi connectivity index (χ4n) is 1.61. The first-order valence-electron chi connectivity index (χ1n) is 5.88. The molecule has 6 nitrogen and oxygen atoms in total. The Morgan fingerprint density at radius 3 is 2.47 bits per heavy atom. The second-order valence-corrected chi connectivity index (χ2v) is 4.12. The first-order valence-corrected chi connectivity index (χ1v) is 5.88. The number of nitrogens with one attached hydrogen (secondary N) is 2. The Morgan fingerprint density at radius 1 is 1.16 bits per heavy atom. The predicted molar refractivity (Wildman–Crippen MR) is 75.0 cm³/mol. The summed E-state index contributed by atoms with van der Waals surface area (Å²) in [6.45, 7) is 2.37. The van der Waals surface area contributed by atoms with E-state index in [1.54, 1.807) is 13.2 Å². The van der Waals surface area contributed by atoms with Gasteiger partial charge in [-0.15, -0.1) is 0 Å². The predicted octanol–water partition coefficient (Wildman–Crippen LogP) is 1.96. The molecular weight excluding hydrogens is 242 g/mol. The molecule has 0 spiro atoms. The first kappa shape index (κ1) is 13.3. The topological polar surface area (TPSA) is 85.1 Å². The van der Waals surface area contributed by atoms with Gasteiger partial charge < -0.3 is 15.5 Å². The second-order valence-electron chi connectivity index (χ2n) is 4.12. The van der Waals surface area contributed by atoms with Crippen molar-refractivity contribution in [2.45, 2.75) is 13.5 Å². The normalized spacial score (nSPS) is 10.3. The molecule has 0 bridgehead atoms. The van der Waals surface area contributed by atoms with Crippen LogP contribution in [0.15, 0.2) is 30.3 Å². The minimum atomic E-state index is 0.331. The summed E-state index contributed by atoms with van der Waals surface area (Å²) in [5.74, 6) is 7.15. The third kappa shape index (κ3) is 3.64. The van der Waals surface area contributed by atoms with Gasteiger partial charge in [0.2, 0.25) is 0 Å². The van der Waals surface area contributed by atoms with Crippen molar-refractivity contribution >= 4 is 17.3 Å². The van der Waals surface area contributed by atoms with Gasteiger partial charge in [0, 0.05) is 18.9 Å². The standard InChI is InChI=1S/C13H17N5O/c1-9-3-5-10(6-4-9)15-11-7-12(18-14)17-13(16-11)8-19-2/h3-7H,8,14H2,1-2H3,(H2,15,16,17,18). The number of rotatable bonds is 5. The molecule has 100 valence electrons. The van der Waals surface area contributed by atoms with Crippen LogP contribution in [0.1, 0.15) is 11.4 Å². The SMILES string of the molecule is COCc1nc(NN)cc(Nc2ccc(C)cc2)n1. The number of anilines is 3. The largest absolute Gasteiger partial charge is 0.377 e. The fraction of sp³-hybridized carbons (Fsp3) is 0.231. The van der Waals surface area contributed by atoms with E-state index in [1.807, 2.05) is 31.2 Å². The molecular formula is C13H17N5O. The van der Waals surface area contributed by atoms with Gasteiger partial charge in [-0.05, 0) is 19.1 Å². The molecule has 2 rings (SSSR count). The number of hydrazine groups is 1. The lowest BCUT2D eigenvalue weighted by Gasteiger charge is -2.09. The number of aryl methyl sites for hydroxylation is 1. The average Bonchev–Trinajstić information content (AvgIpc) is 2.41. The molecule has 1 aromatic carbocycles. The van der Waals surface area contributed by atoms with Gasteiger partial charge in [0.15, 0.2) is 5.82 Å². The molecule has 0 saturated carbocycles. The van der Waals surface area contributed by atoms with Gasteiger partial charge in [0.25, 0.3) is 0 Å². The minimum absolute atomic E-state index is 0.331. The van der Waals surface area contributed by atoms with E-state index in [4.69, 9.17) is 10.6 Å². The van der Waals surface area contributed by atoms with Gasteiger partial charge >= 0.3 is 0 Å². The zero-order valence-electron chi connectivity index (χ0n) is 11.0. The van der Waals surface area contributed by atoms with Crippen LogP contribution in [-0.2, 0) is 11.3 Å². The van der Waals surface area contributed by atoms with Crippen LogP contribution >= 0.6 is 0 Å². The number of nitrogens with two attached hydrogens (primary N) is 1. The van der Waals surface area contributed by atoms with E-state index in [-0.39, 0.29) is 0 Å². The number of nitrogen functional groups attached to an aromatic ring is 1. The van der Waals surface area contributed by atoms with Crippen molar-refractivity contribution < 1.29 is 4.74 Å². The lowest BCUT2D eigenvalue weighted by atomic mass is 10.2. The lowest BCUT2D eigenvalue weighted by molar-refractivity contribution is 0.178. The first-order chi connectivity index (χ1) is 9.21. The van der Waals surface area contributed by atoms with Gasteiger partial charge in [-0.2, -0.15) is 0 Å². The molecule has 2 aromatic rings. The van der Waals surface area contributed by atoms with E-state index in [0.29, 0.717) is 24.1 Å². The zero-order valence-corrected chi connectivity index (χ0v) is 11.0. The van der Waals surface area contributed by atoms with Crippen molar-refractivity contribution in [3.8, 4) is 0 Å². The van der Waals surface area contributed by atoms with E-state index in [1.165, 1.54) is 5.56 Å². The van der Waals surface area contributed by atoms with Gasteiger partial charge in [0.1, 0.15) is 18.2 Å². The summed E-state index contributed by atoms with van der Waals surface area (Å²) in [4.78, 5) is 8.53. The summed E-state index contributed by atoms with van der Waals surface area (Å²) >= 11 is 0. The summed E-state index contributed by atoms with van der Waals surface area (Å²) in [6, 6.07) is 9.77. The number of hydrogen-bond donors (Lipinski definition) is 3. The highest BCUT2D eigenvalue weighted by Gasteiger charge is 2.04. The van der Waals surface area contributed by atoms with Crippen molar-refractivity contribution in [2.75, 3.05) is 17.9 Å². The molecule has 0 fully saturated rings. The van der Waals surface area contributed by atoms with Crippen molar-refractivity contribution in [1.82, 2.24) is 9.97 Å². The highest BCUT2D eigenvalue weighted by atomic mass is 16.5. The van der Waals surface area contributed by atoms with Crippen molar-refractivity contribution in [3.05, 3.63) is 41.7 Å². The van der Waals surface area contributed by atoms with Crippen LogP contribution in [0.2, 0.25) is 0 Å². The highest BCUT2D eigenvalue weighted by molar-refractivity contribution is 5.59. The maximum Gasteiger partial charge on any atom is 0.158 e. The van der Waals surface area contributed by atoms with Crippen LogP contribution in [0.3, 0.4) is 0 Å². The van der Waals surface area contributed by atoms with Gasteiger partial charge in [-0.1, -0.05) is 17.7 Å².